The molecule has 7 nitrogen and oxygen atoms in total. The van der Waals surface area contributed by atoms with Crippen LogP contribution in [0.4, 0.5) is 0 Å². The lowest BCUT2D eigenvalue weighted by Gasteiger charge is -2.21. The summed E-state index contributed by atoms with van der Waals surface area (Å²) in [5.74, 6) is -1.26. The standard InChI is InChI=1S/C10H19NO6/c1-3-11-4-7(13)9(15)10(16)8(14)5-17-6(2)12/h8-11,14-16H,3-5H2,1-2H3/t8-,9-,10-/m1/s1. The van der Waals surface area contributed by atoms with E-state index in [4.69, 9.17) is 0 Å². The van der Waals surface area contributed by atoms with Gasteiger partial charge in [0.2, 0.25) is 0 Å². The second kappa shape index (κ2) is 8.13. The fourth-order valence-corrected chi connectivity index (χ4v) is 1.05. The van der Waals surface area contributed by atoms with Crippen molar-refractivity contribution in [3.05, 3.63) is 0 Å². The Balaban J connectivity index is 4.13. The van der Waals surface area contributed by atoms with E-state index in [2.05, 4.69) is 10.1 Å². The van der Waals surface area contributed by atoms with Crippen LogP contribution in [0.15, 0.2) is 0 Å². The molecule has 0 saturated heterocycles. The van der Waals surface area contributed by atoms with Crippen LogP contribution < -0.4 is 5.32 Å². The van der Waals surface area contributed by atoms with E-state index >= 15 is 0 Å². The third kappa shape index (κ3) is 6.32. The fraction of sp³-hybridized carbons (Fsp3) is 0.800. The third-order valence-electron chi connectivity index (χ3n) is 2.05. The predicted octanol–water partition coefficient (Wildman–Crippen LogP) is -2.19. The molecule has 0 rings (SSSR count). The van der Waals surface area contributed by atoms with Gasteiger partial charge >= 0.3 is 5.97 Å². The summed E-state index contributed by atoms with van der Waals surface area (Å²) in [6.45, 7) is 2.90. The quantitative estimate of drug-likeness (QED) is 0.361. The Bertz CT molecular complexity index is 257. The van der Waals surface area contributed by atoms with E-state index in [0.717, 1.165) is 6.92 Å². The summed E-state index contributed by atoms with van der Waals surface area (Å²) in [7, 11) is 0. The van der Waals surface area contributed by atoms with Crippen molar-refractivity contribution < 1.29 is 29.6 Å². The first-order valence-electron chi connectivity index (χ1n) is 5.31. The van der Waals surface area contributed by atoms with Crippen LogP contribution in [0.25, 0.3) is 0 Å². The van der Waals surface area contributed by atoms with Crippen molar-refractivity contribution in [3.8, 4) is 0 Å². The van der Waals surface area contributed by atoms with Crippen molar-refractivity contribution in [2.24, 2.45) is 0 Å². The van der Waals surface area contributed by atoms with E-state index in [9.17, 15) is 24.9 Å². The van der Waals surface area contributed by atoms with E-state index in [0.29, 0.717) is 6.54 Å². The molecule has 0 fully saturated rings. The fourth-order valence-electron chi connectivity index (χ4n) is 1.05. The van der Waals surface area contributed by atoms with E-state index in [1.165, 1.54) is 0 Å². The zero-order valence-electron chi connectivity index (χ0n) is 9.92. The van der Waals surface area contributed by atoms with Crippen LogP contribution in [0, 0.1) is 0 Å². The SMILES string of the molecule is CCNCC(=O)[C@@H](O)[C@H](O)[C@H](O)COC(C)=O. The zero-order valence-corrected chi connectivity index (χ0v) is 9.92. The molecule has 3 atom stereocenters. The molecule has 0 amide bonds. The van der Waals surface area contributed by atoms with Crippen molar-refractivity contribution in [3.63, 3.8) is 0 Å². The van der Waals surface area contributed by atoms with Crippen LogP contribution in [-0.4, -0.2) is 65.1 Å². The topological polar surface area (TPSA) is 116 Å². The van der Waals surface area contributed by atoms with Gasteiger partial charge in [0.1, 0.15) is 24.9 Å². The summed E-state index contributed by atoms with van der Waals surface area (Å²) in [4.78, 5) is 21.8. The van der Waals surface area contributed by atoms with Crippen molar-refractivity contribution in [2.45, 2.75) is 32.2 Å². The third-order valence-corrected chi connectivity index (χ3v) is 2.05. The Hall–Kier alpha value is -1.02. The maximum Gasteiger partial charge on any atom is 0.302 e. The molecule has 7 heteroatoms. The van der Waals surface area contributed by atoms with E-state index in [1.807, 2.05) is 0 Å². The molecule has 0 spiro atoms. The van der Waals surface area contributed by atoms with Gasteiger partial charge in [0, 0.05) is 6.92 Å². The molecular weight excluding hydrogens is 230 g/mol. The van der Waals surface area contributed by atoms with Gasteiger partial charge in [-0.05, 0) is 6.54 Å². The van der Waals surface area contributed by atoms with Crippen molar-refractivity contribution >= 4 is 11.8 Å². The number of ether oxygens (including phenoxy) is 1. The number of nitrogens with one attached hydrogen (secondary N) is 1. The molecule has 0 aromatic heterocycles. The second-order valence-electron chi connectivity index (χ2n) is 3.55. The van der Waals surface area contributed by atoms with Crippen molar-refractivity contribution in [1.29, 1.82) is 0 Å². The van der Waals surface area contributed by atoms with Gasteiger partial charge in [-0.1, -0.05) is 6.92 Å². The maximum atomic E-state index is 11.3. The average Bonchev–Trinajstić information content (AvgIpc) is 2.30. The van der Waals surface area contributed by atoms with Crippen LogP contribution in [0.1, 0.15) is 13.8 Å². The lowest BCUT2D eigenvalue weighted by Crippen LogP contribution is -2.47. The number of carbonyl (C=O) groups is 2. The number of aliphatic hydroxyl groups excluding tert-OH is 3. The summed E-state index contributed by atoms with van der Waals surface area (Å²) in [5, 5.41) is 30.9. The average molecular weight is 249 g/mol. The normalized spacial score (nSPS) is 16.1. The lowest BCUT2D eigenvalue weighted by atomic mass is 10.0. The Morgan fingerprint density at radius 3 is 2.35 bits per heavy atom. The molecule has 0 aromatic carbocycles. The number of rotatable bonds is 8. The predicted molar refractivity (Wildman–Crippen MR) is 58.2 cm³/mol. The van der Waals surface area contributed by atoms with Gasteiger partial charge in [0.05, 0.1) is 6.54 Å². The van der Waals surface area contributed by atoms with Gasteiger partial charge in [-0.25, -0.2) is 0 Å². The van der Waals surface area contributed by atoms with Crippen LogP contribution in [0.5, 0.6) is 0 Å². The van der Waals surface area contributed by atoms with Gasteiger partial charge in [0.15, 0.2) is 5.78 Å². The van der Waals surface area contributed by atoms with E-state index < -0.39 is 36.7 Å². The summed E-state index contributed by atoms with van der Waals surface area (Å²) >= 11 is 0. The van der Waals surface area contributed by atoms with Gasteiger partial charge in [-0.15, -0.1) is 0 Å². The number of carbonyl (C=O) groups excluding carboxylic acids is 2. The van der Waals surface area contributed by atoms with Crippen LogP contribution >= 0.6 is 0 Å². The Morgan fingerprint density at radius 1 is 1.29 bits per heavy atom. The maximum absolute atomic E-state index is 11.3. The number of esters is 1. The van der Waals surface area contributed by atoms with Gasteiger partial charge < -0.3 is 25.4 Å². The first-order valence-corrected chi connectivity index (χ1v) is 5.31. The number of hydrogen-bond donors (Lipinski definition) is 4. The molecule has 0 aliphatic rings. The van der Waals surface area contributed by atoms with Gasteiger partial charge in [-0.2, -0.15) is 0 Å². The van der Waals surface area contributed by atoms with E-state index in [-0.39, 0.29) is 6.54 Å². The van der Waals surface area contributed by atoms with Crippen LogP contribution in [0.3, 0.4) is 0 Å². The Labute approximate surface area is 99.4 Å². The highest BCUT2D eigenvalue weighted by molar-refractivity contribution is 5.85. The number of ketones is 1. The highest BCUT2D eigenvalue weighted by Gasteiger charge is 2.30. The molecule has 0 aliphatic heterocycles. The zero-order chi connectivity index (χ0) is 13.4. The molecule has 100 valence electrons. The summed E-state index contributed by atoms with van der Waals surface area (Å²) in [5.41, 5.74) is 0. The lowest BCUT2D eigenvalue weighted by molar-refractivity contribution is -0.151. The van der Waals surface area contributed by atoms with Gasteiger partial charge in [-0.3, -0.25) is 9.59 Å². The summed E-state index contributed by atoms with van der Waals surface area (Å²) < 4.78 is 4.45. The highest BCUT2D eigenvalue weighted by atomic mass is 16.5. The molecule has 0 heterocycles. The minimum absolute atomic E-state index is 0.102. The Morgan fingerprint density at radius 2 is 1.88 bits per heavy atom. The van der Waals surface area contributed by atoms with Crippen molar-refractivity contribution in [2.75, 3.05) is 19.7 Å². The summed E-state index contributed by atoms with van der Waals surface area (Å²) in [6, 6.07) is 0. The van der Waals surface area contributed by atoms with Crippen LogP contribution in [0.2, 0.25) is 0 Å². The molecule has 0 aliphatic carbocycles. The highest BCUT2D eigenvalue weighted by Crippen LogP contribution is 2.02. The minimum Gasteiger partial charge on any atom is -0.463 e. The van der Waals surface area contributed by atoms with Gasteiger partial charge in [0.25, 0.3) is 0 Å². The van der Waals surface area contributed by atoms with Crippen molar-refractivity contribution in [1.82, 2.24) is 5.32 Å². The molecule has 0 aromatic rings. The number of aliphatic hydroxyl groups is 3. The number of Topliss-reactive ketones (excluding diaryl/α,β-unsaturated/α-hetero) is 1. The first kappa shape index (κ1) is 16.0. The molecule has 0 radical (unpaired) electrons. The number of likely N-dealkylation sites (N-methyl/N-ethyl adjacent to an activating group) is 1. The number of hydrogen-bond acceptors (Lipinski definition) is 7. The molecule has 0 saturated carbocycles. The largest absolute Gasteiger partial charge is 0.463 e. The Kier molecular flexibility index (Phi) is 7.64. The molecule has 17 heavy (non-hydrogen) atoms. The smallest absolute Gasteiger partial charge is 0.302 e. The second-order valence-corrected chi connectivity index (χ2v) is 3.55. The summed E-state index contributed by atoms with van der Waals surface area (Å²) in [6.07, 6.45) is -4.89. The molecule has 0 unspecified atom stereocenters. The molecule has 4 N–H and O–H groups in total. The van der Waals surface area contributed by atoms with Crippen LogP contribution in [-0.2, 0) is 14.3 Å². The van der Waals surface area contributed by atoms with E-state index in [1.54, 1.807) is 6.92 Å². The molecular formula is C10H19NO6. The molecule has 0 bridgehead atoms. The minimum atomic E-state index is -1.71. The first-order chi connectivity index (χ1) is 7.90. The monoisotopic (exact) mass is 249 g/mol.